The van der Waals surface area contributed by atoms with Gasteiger partial charge in [0.15, 0.2) is 0 Å². The van der Waals surface area contributed by atoms with E-state index in [1.54, 1.807) is 12.7 Å². The molecule has 1 heterocycles. The molecule has 0 aliphatic carbocycles. The van der Waals surface area contributed by atoms with Gasteiger partial charge >= 0.3 is 0 Å². The summed E-state index contributed by atoms with van der Waals surface area (Å²) in [6, 6.07) is 0.546. The van der Waals surface area contributed by atoms with E-state index >= 15 is 0 Å². The molecular formula is C12H24N4. The van der Waals surface area contributed by atoms with Gasteiger partial charge in [0.1, 0.15) is 12.7 Å². The van der Waals surface area contributed by atoms with Crippen LogP contribution in [0.25, 0.3) is 0 Å². The summed E-state index contributed by atoms with van der Waals surface area (Å²) in [6.45, 7) is 8.83. The Hall–Kier alpha value is -0.900. The zero-order chi connectivity index (χ0) is 11.8. The summed E-state index contributed by atoms with van der Waals surface area (Å²) < 4.78 is 1.88. The van der Waals surface area contributed by atoms with E-state index in [0.717, 1.165) is 25.4 Å². The van der Waals surface area contributed by atoms with Crippen LogP contribution in [0.3, 0.4) is 0 Å². The Morgan fingerprint density at radius 2 is 2.06 bits per heavy atom. The molecule has 0 radical (unpaired) electrons. The molecule has 92 valence electrons. The second-order valence-corrected chi connectivity index (χ2v) is 4.44. The van der Waals surface area contributed by atoms with E-state index in [0.29, 0.717) is 6.04 Å². The van der Waals surface area contributed by atoms with Crippen molar-refractivity contribution in [2.75, 3.05) is 6.54 Å². The summed E-state index contributed by atoms with van der Waals surface area (Å²) in [4.78, 5) is 3.93. The summed E-state index contributed by atoms with van der Waals surface area (Å²) in [5, 5.41) is 7.68. The van der Waals surface area contributed by atoms with Gasteiger partial charge in [0.25, 0.3) is 0 Å². The fourth-order valence-electron chi connectivity index (χ4n) is 1.72. The van der Waals surface area contributed by atoms with Gasteiger partial charge in [0.2, 0.25) is 0 Å². The summed E-state index contributed by atoms with van der Waals surface area (Å²) in [5.41, 5.74) is 0. The molecule has 16 heavy (non-hydrogen) atoms. The molecule has 1 atom stereocenters. The fraction of sp³-hybridized carbons (Fsp3) is 0.833. The third-order valence-corrected chi connectivity index (χ3v) is 3.17. The number of hydrogen-bond donors (Lipinski definition) is 1. The Balaban J connectivity index is 2.13. The molecule has 0 saturated heterocycles. The highest BCUT2D eigenvalue weighted by Crippen LogP contribution is 2.06. The van der Waals surface area contributed by atoms with Gasteiger partial charge in [-0.05, 0) is 25.8 Å². The molecule has 0 aliphatic heterocycles. The quantitative estimate of drug-likeness (QED) is 0.735. The number of nitrogens with one attached hydrogen (secondary N) is 1. The molecular weight excluding hydrogens is 200 g/mol. The molecule has 1 N–H and O–H groups in total. The predicted molar refractivity (Wildman–Crippen MR) is 66.2 cm³/mol. The molecule has 0 spiro atoms. The van der Waals surface area contributed by atoms with Crippen LogP contribution in [0.1, 0.15) is 40.0 Å². The van der Waals surface area contributed by atoms with Crippen LogP contribution >= 0.6 is 0 Å². The van der Waals surface area contributed by atoms with Crippen molar-refractivity contribution in [1.29, 1.82) is 0 Å². The second-order valence-electron chi connectivity index (χ2n) is 4.44. The van der Waals surface area contributed by atoms with Crippen LogP contribution in [-0.2, 0) is 6.54 Å². The van der Waals surface area contributed by atoms with E-state index < -0.39 is 0 Å². The molecule has 1 aromatic heterocycles. The average molecular weight is 224 g/mol. The lowest BCUT2D eigenvalue weighted by Crippen LogP contribution is -2.31. The van der Waals surface area contributed by atoms with Gasteiger partial charge < -0.3 is 5.32 Å². The normalized spacial score (nSPS) is 13.2. The van der Waals surface area contributed by atoms with Crippen LogP contribution in [0.2, 0.25) is 0 Å². The standard InChI is InChI=1S/C12H24N4/c1-4-12(5-2)8-14-11(3)6-7-16-10-13-9-15-16/h9-12,14H,4-8H2,1-3H3. The van der Waals surface area contributed by atoms with Gasteiger partial charge in [-0.2, -0.15) is 5.10 Å². The average Bonchev–Trinajstić information content (AvgIpc) is 2.80. The minimum Gasteiger partial charge on any atom is -0.314 e. The van der Waals surface area contributed by atoms with Crippen molar-refractivity contribution in [2.24, 2.45) is 5.92 Å². The summed E-state index contributed by atoms with van der Waals surface area (Å²) in [7, 11) is 0. The molecule has 0 saturated carbocycles. The SMILES string of the molecule is CCC(CC)CNC(C)CCn1cncn1. The first-order valence-corrected chi connectivity index (χ1v) is 6.32. The fourth-order valence-corrected chi connectivity index (χ4v) is 1.72. The molecule has 1 rings (SSSR count). The van der Waals surface area contributed by atoms with Crippen LogP contribution in [0.4, 0.5) is 0 Å². The minimum absolute atomic E-state index is 0.546. The van der Waals surface area contributed by atoms with Gasteiger partial charge in [-0.15, -0.1) is 0 Å². The highest BCUT2D eigenvalue weighted by Gasteiger charge is 2.06. The summed E-state index contributed by atoms with van der Waals surface area (Å²) >= 11 is 0. The van der Waals surface area contributed by atoms with Gasteiger partial charge in [0.05, 0.1) is 0 Å². The zero-order valence-electron chi connectivity index (χ0n) is 10.7. The van der Waals surface area contributed by atoms with Gasteiger partial charge in [-0.3, -0.25) is 4.68 Å². The number of nitrogens with zero attached hydrogens (tertiary/aromatic N) is 3. The van der Waals surface area contributed by atoms with Crippen molar-refractivity contribution in [3.8, 4) is 0 Å². The number of rotatable bonds is 8. The zero-order valence-corrected chi connectivity index (χ0v) is 10.7. The van der Waals surface area contributed by atoms with Crippen molar-refractivity contribution in [3.63, 3.8) is 0 Å². The first kappa shape index (κ1) is 13.2. The van der Waals surface area contributed by atoms with Gasteiger partial charge in [-0.1, -0.05) is 26.7 Å². The Bertz CT molecular complexity index is 254. The molecule has 0 bridgehead atoms. The first-order chi connectivity index (χ1) is 7.76. The third kappa shape index (κ3) is 4.75. The van der Waals surface area contributed by atoms with Crippen LogP contribution in [0, 0.1) is 5.92 Å². The maximum atomic E-state index is 4.09. The number of aryl methyl sites for hydroxylation is 1. The highest BCUT2D eigenvalue weighted by atomic mass is 15.3. The van der Waals surface area contributed by atoms with Gasteiger partial charge in [0, 0.05) is 12.6 Å². The molecule has 1 aromatic rings. The Kier molecular flexibility index (Phi) is 6.08. The largest absolute Gasteiger partial charge is 0.314 e. The number of hydrogen-bond acceptors (Lipinski definition) is 3. The van der Waals surface area contributed by atoms with E-state index in [1.807, 2.05) is 4.68 Å². The summed E-state index contributed by atoms with van der Waals surface area (Å²) in [6.07, 6.45) is 6.98. The lowest BCUT2D eigenvalue weighted by molar-refractivity contribution is 0.392. The maximum absolute atomic E-state index is 4.09. The van der Waals surface area contributed by atoms with Crippen molar-refractivity contribution in [3.05, 3.63) is 12.7 Å². The van der Waals surface area contributed by atoms with E-state index in [2.05, 4.69) is 36.2 Å². The van der Waals surface area contributed by atoms with Crippen LogP contribution < -0.4 is 5.32 Å². The molecule has 0 amide bonds. The Morgan fingerprint density at radius 3 is 2.62 bits per heavy atom. The smallest absolute Gasteiger partial charge is 0.137 e. The first-order valence-electron chi connectivity index (χ1n) is 6.32. The van der Waals surface area contributed by atoms with E-state index in [1.165, 1.54) is 12.8 Å². The molecule has 4 nitrogen and oxygen atoms in total. The molecule has 4 heteroatoms. The Morgan fingerprint density at radius 1 is 1.31 bits per heavy atom. The van der Waals surface area contributed by atoms with E-state index in [4.69, 9.17) is 0 Å². The van der Waals surface area contributed by atoms with Crippen molar-refractivity contribution >= 4 is 0 Å². The number of aromatic nitrogens is 3. The van der Waals surface area contributed by atoms with Crippen LogP contribution in [0.15, 0.2) is 12.7 Å². The van der Waals surface area contributed by atoms with Gasteiger partial charge in [-0.25, -0.2) is 4.98 Å². The maximum Gasteiger partial charge on any atom is 0.137 e. The van der Waals surface area contributed by atoms with E-state index in [-0.39, 0.29) is 0 Å². The lowest BCUT2D eigenvalue weighted by Gasteiger charge is -2.18. The topological polar surface area (TPSA) is 42.7 Å². The van der Waals surface area contributed by atoms with Crippen molar-refractivity contribution in [1.82, 2.24) is 20.1 Å². The molecule has 0 aromatic carbocycles. The predicted octanol–water partition coefficient (Wildman–Crippen LogP) is 2.08. The molecule has 0 fully saturated rings. The van der Waals surface area contributed by atoms with Crippen LogP contribution in [-0.4, -0.2) is 27.4 Å². The molecule has 0 aliphatic rings. The Labute approximate surface area is 98.5 Å². The monoisotopic (exact) mass is 224 g/mol. The van der Waals surface area contributed by atoms with Crippen LogP contribution in [0.5, 0.6) is 0 Å². The third-order valence-electron chi connectivity index (χ3n) is 3.17. The molecule has 1 unspecified atom stereocenters. The minimum atomic E-state index is 0.546. The second kappa shape index (κ2) is 7.39. The highest BCUT2D eigenvalue weighted by molar-refractivity contribution is 4.66. The lowest BCUT2D eigenvalue weighted by atomic mass is 10.0. The van der Waals surface area contributed by atoms with Crippen molar-refractivity contribution in [2.45, 2.75) is 52.6 Å². The summed E-state index contributed by atoms with van der Waals surface area (Å²) in [5.74, 6) is 0.814. The van der Waals surface area contributed by atoms with Crippen molar-refractivity contribution < 1.29 is 0 Å². The van der Waals surface area contributed by atoms with E-state index in [9.17, 15) is 0 Å².